The van der Waals surface area contributed by atoms with Crippen molar-refractivity contribution < 1.29 is 21.9 Å². The van der Waals surface area contributed by atoms with Crippen molar-refractivity contribution in [3.05, 3.63) is 0 Å². The summed E-state index contributed by atoms with van der Waals surface area (Å²) in [4.78, 5) is 0. The molecule has 0 fully saturated rings. The molecule has 12 heteroatoms. The van der Waals surface area contributed by atoms with Gasteiger partial charge >= 0.3 is 236 Å². The van der Waals surface area contributed by atoms with E-state index in [1.165, 1.54) is 0 Å². The Morgan fingerprint density at radius 2 is 0.167 bits per heavy atom. The van der Waals surface area contributed by atoms with E-state index in [4.69, 9.17) is 0 Å². The predicted octanol–water partition coefficient (Wildman–Crippen LogP) is -8.49. The molecule has 0 unspecified atom stereocenters. The van der Waals surface area contributed by atoms with Gasteiger partial charge in [0.1, 0.15) is 0 Å². The first-order chi connectivity index (χ1) is 0. The third-order valence-corrected chi connectivity index (χ3v) is 0. The molecular weight excluding hydrogens is 248 g/mol. The molecule has 8 N–H and O–H groups in total. The van der Waals surface area contributed by atoms with E-state index in [1.54, 1.807) is 0 Å². The van der Waals surface area contributed by atoms with E-state index in [0.717, 1.165) is 0 Å². The molecule has 0 amide bonds. The number of hydrogen-bond donors (Lipinski definition) is 0. The Labute approximate surface area is 251 Å². The maximum absolute atomic E-state index is 0. The molecule has 0 radical (unpaired) electrons. The molecule has 0 aliphatic carbocycles. The summed E-state index contributed by atoms with van der Waals surface area (Å²) in [6.45, 7) is 0. The van der Waals surface area contributed by atoms with E-state index < -0.39 is 0 Å². The average molecular weight is 264 g/mol. The van der Waals surface area contributed by atoms with Crippen molar-refractivity contribution in [2.45, 2.75) is 0 Å². The molecule has 0 atom stereocenters. The van der Waals surface area contributed by atoms with Crippen molar-refractivity contribution in [1.82, 2.24) is 0 Å². The maximum atomic E-state index is 0. The summed E-state index contributed by atoms with van der Waals surface area (Å²) in [5, 5.41) is 0. The molecular formula is H16Na8O4. The summed E-state index contributed by atoms with van der Waals surface area (Å²) in [5.41, 5.74) is 0. The van der Waals surface area contributed by atoms with Crippen molar-refractivity contribution in [3.8, 4) is 0 Å². The van der Waals surface area contributed by atoms with Gasteiger partial charge in [-0.3, -0.25) is 0 Å². The van der Waals surface area contributed by atoms with E-state index >= 15 is 0 Å². The molecule has 0 aliphatic heterocycles. The zero-order valence-corrected chi connectivity index (χ0v) is 2.00. The standard InChI is InChI=1S/8Na.4H2O.8H/h;;;;;;;;4*1H2;;;;;;;;. The fourth-order valence-electron chi connectivity index (χ4n) is 0. The summed E-state index contributed by atoms with van der Waals surface area (Å²) in [5.74, 6) is 0. The van der Waals surface area contributed by atoms with Crippen molar-refractivity contribution in [2.24, 2.45) is 0 Å². The van der Waals surface area contributed by atoms with Crippen LogP contribution in [0.4, 0.5) is 0 Å². The van der Waals surface area contributed by atoms with Gasteiger partial charge in [0.2, 0.25) is 0 Å². The normalized spacial score (nSPS) is 0. The first-order valence-corrected chi connectivity index (χ1v) is 0. The Bertz CT molecular complexity index is 11.0. The SMILES string of the molecule is O.O.O.O.[NaH].[NaH].[NaH].[NaH].[NaH].[NaH].[NaH].[NaH]. The van der Waals surface area contributed by atoms with Crippen LogP contribution in [0.15, 0.2) is 0 Å². The molecule has 0 aromatic rings. The first-order valence-electron chi connectivity index (χ1n) is 0. The molecule has 0 saturated carbocycles. The van der Waals surface area contributed by atoms with E-state index in [2.05, 4.69) is 0 Å². The monoisotopic (exact) mass is 264 g/mol. The molecule has 0 aliphatic rings. The molecule has 0 spiro atoms. The van der Waals surface area contributed by atoms with E-state index in [-0.39, 0.29) is 258 Å². The van der Waals surface area contributed by atoms with Crippen LogP contribution in [-0.2, 0) is 0 Å². The second-order valence-electron chi connectivity index (χ2n) is 0. The Balaban J connectivity index is 0. The third kappa shape index (κ3) is 82.3. The van der Waals surface area contributed by atoms with E-state index in [1.807, 2.05) is 0 Å². The van der Waals surface area contributed by atoms with Gasteiger partial charge < -0.3 is 21.9 Å². The van der Waals surface area contributed by atoms with Crippen LogP contribution in [0.25, 0.3) is 0 Å². The molecule has 0 saturated heterocycles. The molecule has 0 aromatic carbocycles. The Kier molecular flexibility index (Phi) is 931. The van der Waals surface area contributed by atoms with Crippen LogP contribution < -0.4 is 0 Å². The summed E-state index contributed by atoms with van der Waals surface area (Å²) in [6.07, 6.45) is 0. The quantitative estimate of drug-likeness (QED) is 0.385. The Morgan fingerprint density at radius 3 is 0.167 bits per heavy atom. The Morgan fingerprint density at radius 1 is 0.167 bits per heavy atom. The topological polar surface area (TPSA) is 126 Å². The summed E-state index contributed by atoms with van der Waals surface area (Å²) >= 11 is 0. The number of hydrogen-bond acceptors (Lipinski definition) is 0. The van der Waals surface area contributed by atoms with Crippen molar-refractivity contribution in [2.75, 3.05) is 0 Å². The van der Waals surface area contributed by atoms with Gasteiger partial charge in [-0.2, -0.15) is 0 Å². The van der Waals surface area contributed by atoms with Gasteiger partial charge in [-0.25, -0.2) is 0 Å². The van der Waals surface area contributed by atoms with Crippen LogP contribution in [0.3, 0.4) is 0 Å². The molecule has 12 heavy (non-hydrogen) atoms. The molecule has 0 bridgehead atoms. The van der Waals surface area contributed by atoms with Gasteiger partial charge in [-0.15, -0.1) is 0 Å². The van der Waals surface area contributed by atoms with Crippen LogP contribution in [0, 0.1) is 0 Å². The fourth-order valence-corrected chi connectivity index (χ4v) is 0. The molecule has 0 heterocycles. The van der Waals surface area contributed by atoms with Crippen LogP contribution in [-0.4, -0.2) is 258 Å². The summed E-state index contributed by atoms with van der Waals surface area (Å²) in [7, 11) is 0. The van der Waals surface area contributed by atoms with Crippen LogP contribution >= 0.6 is 0 Å². The van der Waals surface area contributed by atoms with Crippen LogP contribution in [0.5, 0.6) is 0 Å². The van der Waals surface area contributed by atoms with E-state index in [9.17, 15) is 0 Å². The summed E-state index contributed by atoms with van der Waals surface area (Å²) in [6, 6.07) is 0. The fraction of sp³-hybridized carbons (Fsp3) is 0. The predicted molar refractivity (Wildman–Crippen MR) is 71.6 cm³/mol. The average Bonchev–Trinajstić information content (AvgIpc) is 0. The second kappa shape index (κ2) is 97.6. The van der Waals surface area contributed by atoms with Gasteiger partial charge in [0.25, 0.3) is 0 Å². The number of rotatable bonds is 0. The summed E-state index contributed by atoms with van der Waals surface area (Å²) < 4.78 is 0. The molecule has 4 nitrogen and oxygen atoms in total. The van der Waals surface area contributed by atoms with Crippen molar-refractivity contribution in [3.63, 3.8) is 0 Å². The zero-order chi connectivity index (χ0) is 0. The molecule has 0 rings (SSSR count). The van der Waals surface area contributed by atoms with Gasteiger partial charge in [0.15, 0.2) is 0 Å². The minimum absolute atomic E-state index is 0. The minimum atomic E-state index is 0. The van der Waals surface area contributed by atoms with Crippen LogP contribution in [0.2, 0.25) is 0 Å². The van der Waals surface area contributed by atoms with Gasteiger partial charge in [-0.05, 0) is 0 Å². The van der Waals surface area contributed by atoms with Gasteiger partial charge in [0.05, 0.1) is 0 Å². The Hall–Kier alpha value is 7.84. The van der Waals surface area contributed by atoms with Gasteiger partial charge in [-0.1, -0.05) is 0 Å². The first kappa shape index (κ1) is 115. The third-order valence-electron chi connectivity index (χ3n) is 0. The molecule has 0 aromatic heterocycles. The van der Waals surface area contributed by atoms with Gasteiger partial charge in [0, 0.05) is 0 Å². The van der Waals surface area contributed by atoms with Crippen molar-refractivity contribution >= 4 is 236 Å². The van der Waals surface area contributed by atoms with Crippen LogP contribution in [0.1, 0.15) is 0 Å². The van der Waals surface area contributed by atoms with Crippen molar-refractivity contribution in [1.29, 1.82) is 0 Å². The second-order valence-corrected chi connectivity index (χ2v) is 0. The van der Waals surface area contributed by atoms with E-state index in [0.29, 0.717) is 0 Å². The molecule has 48 valence electrons. The zero-order valence-electron chi connectivity index (χ0n) is 2.00.